The van der Waals surface area contributed by atoms with Crippen molar-refractivity contribution in [2.45, 2.75) is 14.4 Å². The highest BCUT2D eigenvalue weighted by molar-refractivity contribution is 6.29. The standard InChI is InChI=1S/C7H5ClN2.C6H4ClN3.CH4/c1-5-6(9-2)3-4-7(8)10-5;1-9-4-2-3-5(7)10-6(4)8;/h3-4H,1H3;2-3H,(H2,8,10);1H4. The van der Waals surface area contributed by atoms with Gasteiger partial charge < -0.3 is 5.73 Å². The number of hydrogen-bond donors (Lipinski definition) is 1. The predicted octanol–water partition coefficient (Wildman–Crippen LogP) is 5.10. The Morgan fingerprint density at radius 3 is 1.86 bits per heavy atom. The molecule has 2 N–H and O–H groups in total. The first-order valence-corrected chi connectivity index (χ1v) is 6.03. The molecule has 0 aliphatic carbocycles. The molecule has 0 radical (unpaired) electrons. The van der Waals surface area contributed by atoms with Crippen LogP contribution in [0.3, 0.4) is 0 Å². The van der Waals surface area contributed by atoms with E-state index in [1.165, 1.54) is 12.1 Å². The molecule has 2 aromatic heterocycles. The lowest BCUT2D eigenvalue weighted by Gasteiger charge is -1.94. The van der Waals surface area contributed by atoms with Gasteiger partial charge in [-0.25, -0.2) is 14.7 Å². The van der Waals surface area contributed by atoms with Crippen LogP contribution in [0.5, 0.6) is 0 Å². The number of pyridine rings is 2. The second-order valence-corrected chi connectivity index (χ2v) is 4.27. The Bertz CT molecular complexity index is 640. The lowest BCUT2D eigenvalue weighted by molar-refractivity contribution is 1.21. The van der Waals surface area contributed by atoms with E-state index in [2.05, 4.69) is 19.7 Å². The van der Waals surface area contributed by atoms with E-state index in [9.17, 15) is 0 Å². The zero-order valence-electron chi connectivity index (χ0n) is 10.4. The van der Waals surface area contributed by atoms with E-state index in [0.29, 0.717) is 27.4 Å². The molecule has 0 amide bonds. The van der Waals surface area contributed by atoms with Gasteiger partial charge >= 0.3 is 0 Å². The summed E-state index contributed by atoms with van der Waals surface area (Å²) in [6, 6.07) is 6.35. The summed E-state index contributed by atoms with van der Waals surface area (Å²) < 4.78 is 0. The Labute approximate surface area is 134 Å². The van der Waals surface area contributed by atoms with Crippen molar-refractivity contribution in [3.8, 4) is 0 Å². The third kappa shape index (κ3) is 5.66. The summed E-state index contributed by atoms with van der Waals surface area (Å²) >= 11 is 11.0. The summed E-state index contributed by atoms with van der Waals surface area (Å²) in [5.74, 6) is 0.183. The molecular formula is C14H13Cl2N5. The minimum atomic E-state index is 0. The molecule has 0 aromatic carbocycles. The minimum absolute atomic E-state index is 0. The second kappa shape index (κ2) is 8.76. The van der Waals surface area contributed by atoms with Gasteiger partial charge in [0.25, 0.3) is 0 Å². The van der Waals surface area contributed by atoms with Crippen LogP contribution in [0.4, 0.5) is 17.2 Å². The maximum absolute atomic E-state index is 6.70. The average molecular weight is 322 g/mol. The first-order chi connectivity index (χ1) is 9.47. The van der Waals surface area contributed by atoms with Gasteiger partial charge in [0.2, 0.25) is 11.4 Å². The number of nitrogens with two attached hydrogens (primary N) is 1. The van der Waals surface area contributed by atoms with Gasteiger partial charge in [-0.1, -0.05) is 36.7 Å². The number of aromatic nitrogens is 2. The van der Waals surface area contributed by atoms with Crippen molar-refractivity contribution in [2.75, 3.05) is 5.73 Å². The molecule has 7 heteroatoms. The molecule has 0 unspecified atom stereocenters. The first kappa shape index (κ1) is 18.7. The lowest BCUT2D eigenvalue weighted by atomic mass is 10.3. The summed E-state index contributed by atoms with van der Waals surface area (Å²) in [4.78, 5) is 13.9. The number of hydrogen-bond acceptors (Lipinski definition) is 3. The summed E-state index contributed by atoms with van der Waals surface area (Å²) in [5.41, 5.74) is 6.90. The van der Waals surface area contributed by atoms with E-state index in [1.54, 1.807) is 19.1 Å². The SMILES string of the molecule is C.[C-]#[N+]c1ccc(Cl)nc1C.[C-]#[N+]c1ccc(Cl)nc1N. The summed E-state index contributed by atoms with van der Waals surface area (Å²) in [7, 11) is 0. The number of halogens is 2. The van der Waals surface area contributed by atoms with Crippen molar-refractivity contribution in [3.63, 3.8) is 0 Å². The van der Waals surface area contributed by atoms with Crippen LogP contribution in [0.25, 0.3) is 9.69 Å². The van der Waals surface area contributed by atoms with E-state index in [0.717, 1.165) is 0 Å². The van der Waals surface area contributed by atoms with Crippen LogP contribution in [0, 0.1) is 20.1 Å². The summed E-state index contributed by atoms with van der Waals surface area (Å²) in [5, 5.41) is 0.745. The van der Waals surface area contributed by atoms with Gasteiger partial charge in [-0.2, -0.15) is 0 Å². The van der Waals surface area contributed by atoms with E-state index in [-0.39, 0.29) is 13.2 Å². The van der Waals surface area contributed by atoms with Gasteiger partial charge in [0.15, 0.2) is 0 Å². The van der Waals surface area contributed by atoms with Crippen molar-refractivity contribution < 1.29 is 0 Å². The third-order valence-electron chi connectivity index (χ3n) is 2.13. The van der Waals surface area contributed by atoms with Crippen molar-refractivity contribution in [1.29, 1.82) is 0 Å². The molecule has 2 aromatic rings. The Hall–Kier alpha value is -2.34. The monoisotopic (exact) mass is 321 g/mol. The van der Waals surface area contributed by atoms with Crippen molar-refractivity contribution in [2.24, 2.45) is 0 Å². The average Bonchev–Trinajstić information content (AvgIpc) is 2.40. The number of rotatable bonds is 0. The minimum Gasteiger partial charge on any atom is -0.392 e. The van der Waals surface area contributed by atoms with Crippen LogP contribution in [0.15, 0.2) is 24.3 Å². The second-order valence-electron chi connectivity index (χ2n) is 3.50. The molecule has 0 aliphatic heterocycles. The Morgan fingerprint density at radius 2 is 1.43 bits per heavy atom. The largest absolute Gasteiger partial charge is 0.392 e. The van der Waals surface area contributed by atoms with E-state index in [1.807, 2.05) is 0 Å². The van der Waals surface area contributed by atoms with Crippen LogP contribution in [-0.4, -0.2) is 9.97 Å². The molecular weight excluding hydrogens is 309 g/mol. The number of nitrogen functional groups attached to an aromatic ring is 1. The van der Waals surface area contributed by atoms with Crippen LogP contribution in [-0.2, 0) is 0 Å². The fourth-order valence-electron chi connectivity index (χ4n) is 1.18. The number of anilines is 1. The van der Waals surface area contributed by atoms with Crippen molar-refractivity contribution in [3.05, 3.63) is 63.1 Å². The number of nitrogens with zero attached hydrogens (tertiary/aromatic N) is 4. The fraction of sp³-hybridized carbons (Fsp3) is 0.143. The summed E-state index contributed by atoms with van der Waals surface area (Å²) in [6.45, 7) is 15.1. The lowest BCUT2D eigenvalue weighted by Crippen LogP contribution is -1.88. The molecule has 0 spiro atoms. The quantitative estimate of drug-likeness (QED) is 0.542. The molecule has 5 nitrogen and oxygen atoms in total. The van der Waals surface area contributed by atoms with Crippen LogP contribution < -0.4 is 5.73 Å². The van der Waals surface area contributed by atoms with Crippen LogP contribution in [0.1, 0.15) is 13.1 Å². The predicted molar refractivity (Wildman–Crippen MR) is 86.9 cm³/mol. The van der Waals surface area contributed by atoms with Gasteiger partial charge in [0.05, 0.1) is 13.1 Å². The van der Waals surface area contributed by atoms with Crippen LogP contribution in [0.2, 0.25) is 10.3 Å². The zero-order chi connectivity index (χ0) is 15.1. The molecule has 2 heterocycles. The van der Waals surface area contributed by atoms with Crippen LogP contribution >= 0.6 is 23.2 Å². The first-order valence-electron chi connectivity index (χ1n) is 5.28. The Kier molecular flexibility index (Phi) is 7.78. The van der Waals surface area contributed by atoms with Gasteiger partial charge in [-0.3, -0.25) is 4.98 Å². The van der Waals surface area contributed by atoms with Gasteiger partial charge in [-0.15, -0.1) is 0 Å². The highest BCUT2D eigenvalue weighted by atomic mass is 35.5. The molecule has 0 fully saturated rings. The molecule has 0 atom stereocenters. The highest BCUT2D eigenvalue weighted by Gasteiger charge is 1.98. The number of aryl methyl sites for hydroxylation is 1. The molecule has 0 saturated carbocycles. The van der Waals surface area contributed by atoms with E-state index < -0.39 is 0 Å². The highest BCUT2D eigenvalue weighted by Crippen LogP contribution is 2.21. The molecule has 0 bridgehead atoms. The normalized spacial score (nSPS) is 8.43. The van der Waals surface area contributed by atoms with Crippen molar-refractivity contribution in [1.82, 2.24) is 9.97 Å². The smallest absolute Gasteiger partial charge is 0.228 e. The molecule has 2 rings (SSSR count). The van der Waals surface area contributed by atoms with Crippen molar-refractivity contribution >= 4 is 40.4 Å². The molecule has 0 saturated heterocycles. The maximum atomic E-state index is 6.70. The summed E-state index contributed by atoms with van der Waals surface area (Å²) in [6.07, 6.45) is 0. The van der Waals surface area contributed by atoms with Gasteiger partial charge in [-0.05, 0) is 25.1 Å². The molecule has 21 heavy (non-hydrogen) atoms. The Morgan fingerprint density at radius 1 is 0.952 bits per heavy atom. The topological polar surface area (TPSA) is 60.5 Å². The van der Waals surface area contributed by atoms with Gasteiger partial charge in [0, 0.05) is 5.69 Å². The molecule has 0 aliphatic rings. The zero-order valence-corrected chi connectivity index (χ0v) is 11.9. The maximum Gasteiger partial charge on any atom is 0.228 e. The molecule has 108 valence electrons. The third-order valence-corrected chi connectivity index (χ3v) is 2.55. The van der Waals surface area contributed by atoms with E-state index >= 15 is 0 Å². The van der Waals surface area contributed by atoms with E-state index in [4.69, 9.17) is 42.1 Å². The Balaban J connectivity index is 0.000000364. The fourth-order valence-corrected chi connectivity index (χ4v) is 1.52. The van der Waals surface area contributed by atoms with Gasteiger partial charge in [0.1, 0.15) is 16.1 Å².